The van der Waals surface area contributed by atoms with E-state index < -0.39 is 65.6 Å². The summed E-state index contributed by atoms with van der Waals surface area (Å²) in [7, 11) is 0. The van der Waals surface area contributed by atoms with Crippen LogP contribution in [0, 0.1) is 22.7 Å². The molecule has 5 aliphatic rings. The van der Waals surface area contributed by atoms with Crippen molar-refractivity contribution in [2.45, 2.75) is 119 Å². The first-order chi connectivity index (χ1) is 16.1. The lowest BCUT2D eigenvalue weighted by atomic mass is 9.62. The standard InChI is InChI=1S/C26H42O9/c1-13-14-5-6-25(32)12-24(14,7-8-26(33)15(13)9-17(28)22(26,2)3)11-23(25,4)35-21-20(31)19(30)18(29)16(10-27)34-21/h14-21,27-33H,1,5-12H2,2-4H3/t14-,15+,16+,17-,18+,19-,20+,21-,23+,24+,25-,26-/m0/s1. The van der Waals surface area contributed by atoms with Crippen LogP contribution in [0.3, 0.4) is 0 Å². The van der Waals surface area contributed by atoms with Crippen molar-refractivity contribution >= 4 is 0 Å². The van der Waals surface area contributed by atoms with Gasteiger partial charge in [-0.3, -0.25) is 0 Å². The van der Waals surface area contributed by atoms with Gasteiger partial charge in [0.25, 0.3) is 0 Å². The van der Waals surface area contributed by atoms with Gasteiger partial charge >= 0.3 is 0 Å². The van der Waals surface area contributed by atoms with Gasteiger partial charge in [0.15, 0.2) is 6.29 Å². The van der Waals surface area contributed by atoms with E-state index in [1.807, 2.05) is 13.8 Å². The first kappa shape index (κ1) is 26.0. The van der Waals surface area contributed by atoms with Crippen molar-refractivity contribution < 1.29 is 45.2 Å². The van der Waals surface area contributed by atoms with Crippen molar-refractivity contribution in [2.24, 2.45) is 22.7 Å². The average Bonchev–Trinajstić information content (AvgIpc) is 3.04. The Morgan fingerprint density at radius 2 is 1.63 bits per heavy atom. The van der Waals surface area contributed by atoms with Gasteiger partial charge in [-0.05, 0) is 63.2 Å². The lowest BCUT2D eigenvalue weighted by Gasteiger charge is -2.47. The van der Waals surface area contributed by atoms with E-state index >= 15 is 0 Å². The van der Waals surface area contributed by atoms with Gasteiger partial charge in [-0.2, -0.15) is 0 Å². The predicted octanol–water partition coefficient (Wildman–Crippen LogP) is -0.0290. The largest absolute Gasteiger partial charge is 0.394 e. The smallest absolute Gasteiger partial charge is 0.187 e. The first-order valence-corrected chi connectivity index (χ1v) is 12.9. The van der Waals surface area contributed by atoms with E-state index in [9.17, 15) is 35.7 Å². The summed E-state index contributed by atoms with van der Waals surface area (Å²) in [4.78, 5) is 0. The van der Waals surface area contributed by atoms with Gasteiger partial charge in [0, 0.05) is 11.3 Å². The third-order valence-electron chi connectivity index (χ3n) is 11.0. The fraction of sp³-hybridized carbons (Fsp3) is 0.923. The minimum absolute atomic E-state index is 0.0446. The van der Waals surface area contributed by atoms with Crippen LogP contribution in [-0.4, -0.2) is 96.0 Å². The number of hydrogen-bond donors (Lipinski definition) is 7. The van der Waals surface area contributed by atoms with E-state index in [0.29, 0.717) is 44.9 Å². The zero-order chi connectivity index (χ0) is 25.8. The molecule has 7 N–H and O–H groups in total. The van der Waals surface area contributed by atoms with Gasteiger partial charge in [-0.25, -0.2) is 0 Å². The molecule has 200 valence electrons. The molecule has 1 heterocycles. The lowest BCUT2D eigenvalue weighted by Crippen LogP contribution is -2.62. The molecule has 9 heteroatoms. The number of aliphatic hydroxyl groups is 7. The lowest BCUT2D eigenvalue weighted by molar-refractivity contribution is -0.340. The molecule has 5 rings (SSSR count). The third kappa shape index (κ3) is 3.33. The van der Waals surface area contributed by atoms with Gasteiger partial charge in [-0.1, -0.05) is 26.0 Å². The zero-order valence-corrected chi connectivity index (χ0v) is 20.9. The van der Waals surface area contributed by atoms with Crippen LogP contribution in [-0.2, 0) is 9.47 Å². The van der Waals surface area contributed by atoms with E-state index in [0.717, 1.165) is 5.57 Å². The van der Waals surface area contributed by atoms with Crippen LogP contribution in [0.2, 0.25) is 0 Å². The number of aliphatic hydroxyl groups excluding tert-OH is 5. The molecular formula is C26H42O9. The monoisotopic (exact) mass is 498 g/mol. The number of fused-ring (bicyclic) bond motifs is 2. The summed E-state index contributed by atoms with van der Waals surface area (Å²) in [6.07, 6.45) is -4.06. The van der Waals surface area contributed by atoms with Gasteiger partial charge < -0.3 is 45.2 Å². The molecule has 9 nitrogen and oxygen atoms in total. The normalized spacial score (nSPS) is 57.5. The Kier molecular flexibility index (Phi) is 5.90. The molecule has 0 aromatic heterocycles. The van der Waals surface area contributed by atoms with E-state index in [1.165, 1.54) is 0 Å². The highest BCUT2D eigenvalue weighted by atomic mass is 16.7. The maximum atomic E-state index is 11.9. The Morgan fingerprint density at radius 3 is 2.29 bits per heavy atom. The molecule has 0 aromatic rings. The molecule has 4 aliphatic carbocycles. The Balaban J connectivity index is 1.45. The molecule has 1 aliphatic heterocycles. The van der Waals surface area contributed by atoms with Crippen molar-refractivity contribution in [1.82, 2.24) is 0 Å². The van der Waals surface area contributed by atoms with Gasteiger partial charge in [0.2, 0.25) is 0 Å². The molecule has 1 spiro atoms. The summed E-state index contributed by atoms with van der Waals surface area (Å²) < 4.78 is 11.9. The Labute approximate surface area is 206 Å². The van der Waals surface area contributed by atoms with Crippen LogP contribution in [0.25, 0.3) is 0 Å². The summed E-state index contributed by atoms with van der Waals surface area (Å²) in [6.45, 7) is 9.51. The van der Waals surface area contributed by atoms with Crippen molar-refractivity contribution in [1.29, 1.82) is 0 Å². The van der Waals surface area contributed by atoms with Gasteiger partial charge in [0.05, 0.1) is 29.5 Å². The Bertz CT molecular complexity index is 877. The van der Waals surface area contributed by atoms with E-state index in [4.69, 9.17) is 9.47 Å². The van der Waals surface area contributed by atoms with E-state index in [1.54, 1.807) is 6.92 Å². The fourth-order valence-electron chi connectivity index (χ4n) is 8.55. The average molecular weight is 499 g/mol. The highest BCUT2D eigenvalue weighted by molar-refractivity contribution is 5.30. The van der Waals surface area contributed by atoms with Crippen molar-refractivity contribution in [2.75, 3.05) is 6.61 Å². The summed E-state index contributed by atoms with van der Waals surface area (Å²) in [5.74, 6) is -0.176. The Morgan fingerprint density at radius 1 is 0.943 bits per heavy atom. The van der Waals surface area contributed by atoms with E-state index in [-0.39, 0.29) is 17.3 Å². The maximum Gasteiger partial charge on any atom is 0.187 e. The first-order valence-electron chi connectivity index (χ1n) is 12.9. The number of rotatable bonds is 3. The predicted molar refractivity (Wildman–Crippen MR) is 124 cm³/mol. The highest BCUT2D eigenvalue weighted by Gasteiger charge is 2.71. The SMILES string of the molecule is C=C1[C@H]2C[C@H](O)C(C)(C)[C@]2(O)CC[C@@]23C[C@@](O)(CC[C@@H]12)[C@](C)(O[C@@H]1O[C@H](CO)[C@@H](O)[C@H](O)[C@H]1O)C3. The molecule has 35 heavy (non-hydrogen) atoms. The summed E-state index contributed by atoms with van der Waals surface area (Å²) in [5.41, 5.74) is -3.57. The molecule has 0 radical (unpaired) electrons. The number of hydrogen-bond acceptors (Lipinski definition) is 9. The topological polar surface area (TPSA) is 160 Å². The zero-order valence-electron chi connectivity index (χ0n) is 20.9. The van der Waals surface area contributed by atoms with Crippen LogP contribution in [0.4, 0.5) is 0 Å². The molecule has 0 aromatic carbocycles. The minimum atomic E-state index is -1.56. The van der Waals surface area contributed by atoms with Crippen molar-refractivity contribution in [3.05, 3.63) is 12.2 Å². The van der Waals surface area contributed by atoms with Gasteiger partial charge in [-0.15, -0.1) is 0 Å². The maximum absolute atomic E-state index is 11.9. The summed E-state index contributed by atoms with van der Waals surface area (Å²) in [6, 6.07) is 0. The Hall–Kier alpha value is -0.620. The van der Waals surface area contributed by atoms with Crippen LogP contribution >= 0.6 is 0 Å². The highest BCUT2D eigenvalue weighted by Crippen LogP contribution is 2.70. The molecular weight excluding hydrogens is 456 g/mol. The number of ether oxygens (including phenoxy) is 2. The van der Waals surface area contributed by atoms with Crippen molar-refractivity contribution in [3.8, 4) is 0 Å². The molecule has 4 saturated carbocycles. The molecule has 5 fully saturated rings. The van der Waals surface area contributed by atoms with Crippen LogP contribution in [0.1, 0.15) is 65.7 Å². The fourth-order valence-corrected chi connectivity index (χ4v) is 8.55. The molecule has 1 saturated heterocycles. The molecule has 0 amide bonds. The molecule has 12 atom stereocenters. The third-order valence-corrected chi connectivity index (χ3v) is 11.0. The second-order valence-electron chi connectivity index (χ2n) is 12.9. The van der Waals surface area contributed by atoms with Crippen LogP contribution in [0.5, 0.6) is 0 Å². The second-order valence-corrected chi connectivity index (χ2v) is 12.9. The summed E-state index contributed by atoms with van der Waals surface area (Å²) in [5, 5.41) is 75.0. The van der Waals surface area contributed by atoms with Crippen LogP contribution < -0.4 is 0 Å². The molecule has 0 unspecified atom stereocenters. The van der Waals surface area contributed by atoms with E-state index in [2.05, 4.69) is 6.58 Å². The molecule has 2 bridgehead atoms. The van der Waals surface area contributed by atoms with Crippen molar-refractivity contribution in [3.63, 3.8) is 0 Å². The minimum Gasteiger partial charge on any atom is -0.394 e. The summed E-state index contributed by atoms with van der Waals surface area (Å²) >= 11 is 0. The van der Waals surface area contributed by atoms with Crippen LogP contribution in [0.15, 0.2) is 12.2 Å². The second kappa shape index (κ2) is 7.94. The van der Waals surface area contributed by atoms with Gasteiger partial charge in [0.1, 0.15) is 24.4 Å². The quantitative estimate of drug-likeness (QED) is 0.265.